The molecule has 0 aromatic carbocycles. The molecule has 1 heterocycles. The molecule has 0 unspecified atom stereocenters. The molecular formula is C16H26BrN3O4S. The van der Waals surface area contributed by atoms with Crippen LogP contribution in [0.5, 0.6) is 0 Å². The number of rotatable bonds is 8. The van der Waals surface area contributed by atoms with Crippen LogP contribution < -0.4 is 5.32 Å². The third-order valence-electron chi connectivity index (χ3n) is 2.99. The van der Waals surface area contributed by atoms with Gasteiger partial charge in [-0.15, -0.1) is 11.3 Å². The summed E-state index contributed by atoms with van der Waals surface area (Å²) in [5.74, 6) is -0.230. The SMILES string of the molecule is CC(=O)[C@@H](NC(=O)OC(C)(C)C)[C@H](OCCN(C)C)c1nc(Br)cs1. The molecule has 1 amide bonds. The normalized spacial score (nSPS) is 14.2. The number of thiazole rings is 1. The molecule has 0 saturated carbocycles. The monoisotopic (exact) mass is 435 g/mol. The second-order valence-electron chi connectivity index (χ2n) is 6.84. The van der Waals surface area contributed by atoms with Crippen molar-refractivity contribution in [1.82, 2.24) is 15.2 Å². The highest BCUT2D eigenvalue weighted by Crippen LogP contribution is 2.27. The number of likely N-dealkylation sites (N-methyl/N-ethyl adjacent to an activating group) is 1. The molecule has 142 valence electrons. The number of amides is 1. The molecule has 0 aliphatic rings. The summed E-state index contributed by atoms with van der Waals surface area (Å²) in [4.78, 5) is 30.6. The fourth-order valence-electron chi connectivity index (χ4n) is 1.90. The summed E-state index contributed by atoms with van der Waals surface area (Å²) in [6.45, 7) is 7.77. The summed E-state index contributed by atoms with van der Waals surface area (Å²) in [5.41, 5.74) is -0.656. The van der Waals surface area contributed by atoms with Crippen molar-refractivity contribution < 1.29 is 19.1 Å². The molecule has 0 spiro atoms. The van der Waals surface area contributed by atoms with Gasteiger partial charge in [0.05, 0.1) is 6.61 Å². The van der Waals surface area contributed by atoms with Crippen molar-refractivity contribution in [2.45, 2.75) is 45.4 Å². The molecule has 0 radical (unpaired) electrons. The minimum Gasteiger partial charge on any atom is -0.444 e. The summed E-state index contributed by atoms with van der Waals surface area (Å²) in [5, 5.41) is 5.04. The maximum Gasteiger partial charge on any atom is 0.408 e. The second kappa shape index (κ2) is 9.61. The van der Waals surface area contributed by atoms with E-state index in [-0.39, 0.29) is 5.78 Å². The van der Waals surface area contributed by atoms with Crippen molar-refractivity contribution in [3.63, 3.8) is 0 Å². The predicted octanol–water partition coefficient (Wildman–Crippen LogP) is 3.01. The average molecular weight is 436 g/mol. The van der Waals surface area contributed by atoms with E-state index in [0.717, 1.165) is 0 Å². The number of aromatic nitrogens is 1. The molecule has 0 saturated heterocycles. The molecule has 1 aromatic rings. The van der Waals surface area contributed by atoms with Crippen LogP contribution in [0.25, 0.3) is 0 Å². The highest BCUT2D eigenvalue weighted by molar-refractivity contribution is 9.10. The van der Waals surface area contributed by atoms with E-state index in [1.807, 2.05) is 24.4 Å². The molecule has 1 rings (SSSR count). The Morgan fingerprint density at radius 3 is 2.48 bits per heavy atom. The van der Waals surface area contributed by atoms with Crippen molar-refractivity contribution in [1.29, 1.82) is 0 Å². The number of halogens is 1. The summed E-state index contributed by atoms with van der Waals surface area (Å²) in [6, 6.07) is -0.880. The fourth-order valence-corrected chi connectivity index (χ4v) is 3.24. The molecule has 0 bridgehead atoms. The minimum absolute atomic E-state index is 0.230. The summed E-state index contributed by atoms with van der Waals surface area (Å²) < 4.78 is 11.8. The van der Waals surface area contributed by atoms with Crippen LogP contribution in [-0.2, 0) is 14.3 Å². The Bertz CT molecular complexity index is 586. The predicted molar refractivity (Wildman–Crippen MR) is 101 cm³/mol. The fraction of sp³-hybridized carbons (Fsp3) is 0.688. The van der Waals surface area contributed by atoms with Gasteiger partial charge in [-0.1, -0.05) is 0 Å². The van der Waals surface area contributed by atoms with Gasteiger partial charge in [-0.3, -0.25) is 4.79 Å². The number of hydrogen-bond donors (Lipinski definition) is 1. The van der Waals surface area contributed by atoms with Gasteiger partial charge in [-0.05, 0) is 57.7 Å². The summed E-state index contributed by atoms with van der Waals surface area (Å²) in [6.07, 6.45) is -1.34. The Morgan fingerprint density at radius 1 is 1.40 bits per heavy atom. The summed E-state index contributed by atoms with van der Waals surface area (Å²) >= 11 is 4.67. The lowest BCUT2D eigenvalue weighted by Gasteiger charge is -2.27. The van der Waals surface area contributed by atoms with E-state index in [9.17, 15) is 9.59 Å². The van der Waals surface area contributed by atoms with Crippen molar-refractivity contribution in [3.05, 3.63) is 15.0 Å². The number of nitrogens with one attached hydrogen (secondary N) is 1. The number of nitrogens with zero attached hydrogens (tertiary/aromatic N) is 2. The van der Waals surface area contributed by atoms with Gasteiger partial charge in [-0.25, -0.2) is 9.78 Å². The number of ether oxygens (including phenoxy) is 2. The molecule has 1 aromatic heterocycles. The van der Waals surface area contributed by atoms with E-state index in [4.69, 9.17) is 9.47 Å². The van der Waals surface area contributed by atoms with Gasteiger partial charge in [0.2, 0.25) is 0 Å². The quantitative estimate of drug-likeness (QED) is 0.675. The van der Waals surface area contributed by atoms with Gasteiger partial charge in [0, 0.05) is 11.9 Å². The van der Waals surface area contributed by atoms with E-state index in [2.05, 4.69) is 26.2 Å². The molecular weight excluding hydrogens is 410 g/mol. The van der Waals surface area contributed by atoms with Crippen molar-refractivity contribution in [2.75, 3.05) is 27.2 Å². The molecule has 0 fully saturated rings. The largest absolute Gasteiger partial charge is 0.444 e. The Morgan fingerprint density at radius 2 is 2.04 bits per heavy atom. The molecule has 25 heavy (non-hydrogen) atoms. The van der Waals surface area contributed by atoms with Gasteiger partial charge in [0.25, 0.3) is 0 Å². The van der Waals surface area contributed by atoms with Crippen LogP contribution in [0.2, 0.25) is 0 Å². The van der Waals surface area contributed by atoms with Crippen molar-refractivity contribution in [2.24, 2.45) is 0 Å². The number of ketones is 1. The van der Waals surface area contributed by atoms with Crippen molar-refractivity contribution >= 4 is 39.1 Å². The first kappa shape index (κ1) is 22.0. The maximum atomic E-state index is 12.2. The smallest absolute Gasteiger partial charge is 0.408 e. The van der Waals surface area contributed by atoms with E-state index < -0.39 is 23.8 Å². The number of alkyl carbamates (subject to hydrolysis) is 1. The maximum absolute atomic E-state index is 12.2. The van der Waals surface area contributed by atoms with Crippen LogP contribution in [-0.4, -0.2) is 60.7 Å². The molecule has 1 N–H and O–H groups in total. The molecule has 9 heteroatoms. The van der Waals surface area contributed by atoms with E-state index in [1.54, 1.807) is 20.8 Å². The van der Waals surface area contributed by atoms with Gasteiger partial charge in [0.1, 0.15) is 27.4 Å². The van der Waals surface area contributed by atoms with Crippen LogP contribution in [0, 0.1) is 0 Å². The van der Waals surface area contributed by atoms with Crippen LogP contribution in [0.1, 0.15) is 38.8 Å². The number of carbonyl (C=O) groups excluding carboxylic acids is 2. The van der Waals surface area contributed by atoms with Crippen molar-refractivity contribution in [3.8, 4) is 0 Å². The number of carbonyl (C=O) groups is 2. The van der Waals surface area contributed by atoms with E-state index in [1.165, 1.54) is 18.3 Å². The van der Waals surface area contributed by atoms with Crippen LogP contribution in [0.4, 0.5) is 4.79 Å². The lowest BCUT2D eigenvalue weighted by Crippen LogP contribution is -2.47. The van der Waals surface area contributed by atoms with Crippen LogP contribution in [0.15, 0.2) is 9.98 Å². The van der Waals surface area contributed by atoms with Gasteiger partial charge >= 0.3 is 6.09 Å². The van der Waals surface area contributed by atoms with Gasteiger partial charge < -0.3 is 19.7 Å². The first-order valence-electron chi connectivity index (χ1n) is 7.87. The minimum atomic E-state index is -0.880. The number of Topliss-reactive ketones (excluding diaryl/α,β-unsaturated/α-hetero) is 1. The Labute approximate surface area is 161 Å². The highest BCUT2D eigenvalue weighted by Gasteiger charge is 2.33. The third kappa shape index (κ3) is 8.26. The molecule has 0 aliphatic heterocycles. The van der Waals surface area contributed by atoms with Crippen LogP contribution >= 0.6 is 27.3 Å². The average Bonchev–Trinajstić information content (AvgIpc) is 2.85. The van der Waals surface area contributed by atoms with Gasteiger partial charge in [-0.2, -0.15) is 0 Å². The standard InChI is InChI=1S/C16H26BrN3O4S/c1-10(21)12(19-15(22)24-16(2,3)4)13(23-8-7-20(5)6)14-18-11(17)9-25-14/h9,12-13H,7-8H2,1-6H3,(H,19,22)/t12-,13+/m1/s1. The first-order valence-corrected chi connectivity index (χ1v) is 9.54. The van der Waals surface area contributed by atoms with E-state index >= 15 is 0 Å². The second-order valence-corrected chi connectivity index (χ2v) is 8.54. The third-order valence-corrected chi connectivity index (χ3v) is 4.60. The Hall–Kier alpha value is -1.03. The van der Waals surface area contributed by atoms with Crippen LogP contribution in [0.3, 0.4) is 0 Å². The Balaban J connectivity index is 2.96. The number of hydrogen-bond acceptors (Lipinski definition) is 7. The summed E-state index contributed by atoms with van der Waals surface area (Å²) in [7, 11) is 3.86. The molecule has 7 nitrogen and oxygen atoms in total. The lowest BCUT2D eigenvalue weighted by molar-refractivity contribution is -0.123. The topological polar surface area (TPSA) is 80.8 Å². The van der Waals surface area contributed by atoms with Gasteiger partial charge in [0.15, 0.2) is 5.78 Å². The zero-order chi connectivity index (χ0) is 19.2. The zero-order valence-corrected chi connectivity index (χ0v) is 17.9. The lowest BCUT2D eigenvalue weighted by atomic mass is 10.1. The molecule has 0 aliphatic carbocycles. The first-order chi connectivity index (χ1) is 11.5. The zero-order valence-electron chi connectivity index (χ0n) is 15.5. The highest BCUT2D eigenvalue weighted by atomic mass is 79.9. The van der Waals surface area contributed by atoms with E-state index in [0.29, 0.717) is 22.8 Å². The Kier molecular flexibility index (Phi) is 8.46. The molecule has 2 atom stereocenters.